The molecule has 0 bridgehead atoms. The zero-order valence-electron chi connectivity index (χ0n) is 18.4. The first kappa shape index (κ1) is 21.7. The summed E-state index contributed by atoms with van der Waals surface area (Å²) in [5.41, 5.74) is 2.63. The van der Waals surface area contributed by atoms with Crippen LogP contribution in [0.5, 0.6) is 0 Å². The predicted octanol–water partition coefficient (Wildman–Crippen LogP) is 3.12. The standard InChI is InChI=1S/C23H30N6OS/c1-15-13-27-23(26-8-5-10-29-11-9-25-14-16(29)2)28-21(15)20-12-18-17(22(30)24-3)6-4-7-19(18)31-20/h4,6-7,12-13,16,25H,5,8-11,14H2,1-3H3,(H,24,30)(H,26,27,28)/t16-/m0/s1. The Kier molecular flexibility index (Phi) is 6.80. The van der Waals surface area contributed by atoms with Gasteiger partial charge in [-0.1, -0.05) is 6.07 Å². The molecule has 0 spiro atoms. The lowest BCUT2D eigenvalue weighted by atomic mass is 10.1. The number of hydrogen-bond acceptors (Lipinski definition) is 7. The number of nitrogens with zero attached hydrogens (tertiary/aromatic N) is 3. The van der Waals surface area contributed by atoms with Crippen LogP contribution in [0.1, 0.15) is 29.3 Å². The van der Waals surface area contributed by atoms with E-state index < -0.39 is 0 Å². The molecule has 0 aliphatic carbocycles. The van der Waals surface area contributed by atoms with Gasteiger partial charge in [0.15, 0.2) is 0 Å². The largest absolute Gasteiger partial charge is 0.355 e. The van der Waals surface area contributed by atoms with Crippen LogP contribution in [0.4, 0.5) is 5.95 Å². The van der Waals surface area contributed by atoms with Crippen molar-refractivity contribution < 1.29 is 4.79 Å². The molecule has 0 saturated carbocycles. The Bertz CT molecular complexity index is 1070. The Morgan fingerprint density at radius 1 is 1.39 bits per heavy atom. The third kappa shape index (κ3) is 4.87. The van der Waals surface area contributed by atoms with E-state index in [-0.39, 0.29) is 5.91 Å². The highest BCUT2D eigenvalue weighted by Crippen LogP contribution is 2.35. The van der Waals surface area contributed by atoms with Gasteiger partial charge in [-0.15, -0.1) is 11.3 Å². The average Bonchev–Trinajstić information content (AvgIpc) is 3.22. The van der Waals surface area contributed by atoms with Gasteiger partial charge in [0.1, 0.15) is 0 Å². The van der Waals surface area contributed by atoms with Gasteiger partial charge in [0, 0.05) is 67.7 Å². The zero-order chi connectivity index (χ0) is 21.8. The van der Waals surface area contributed by atoms with Gasteiger partial charge in [-0.25, -0.2) is 9.97 Å². The lowest BCUT2D eigenvalue weighted by Gasteiger charge is -2.33. The van der Waals surface area contributed by atoms with E-state index in [4.69, 9.17) is 4.98 Å². The van der Waals surface area contributed by atoms with Crippen molar-refractivity contribution in [2.45, 2.75) is 26.3 Å². The summed E-state index contributed by atoms with van der Waals surface area (Å²) in [7, 11) is 1.66. The van der Waals surface area contributed by atoms with Crippen molar-refractivity contribution in [3.05, 3.63) is 41.6 Å². The van der Waals surface area contributed by atoms with E-state index in [1.165, 1.54) is 0 Å². The number of benzene rings is 1. The van der Waals surface area contributed by atoms with Gasteiger partial charge in [-0.05, 0) is 44.0 Å². The van der Waals surface area contributed by atoms with Gasteiger partial charge in [-0.2, -0.15) is 0 Å². The van der Waals surface area contributed by atoms with E-state index in [9.17, 15) is 4.79 Å². The van der Waals surface area contributed by atoms with Crippen molar-refractivity contribution >= 4 is 33.3 Å². The molecule has 164 valence electrons. The maximum Gasteiger partial charge on any atom is 0.251 e. The van der Waals surface area contributed by atoms with E-state index in [0.29, 0.717) is 17.6 Å². The van der Waals surface area contributed by atoms with Crippen LogP contribution >= 0.6 is 11.3 Å². The number of hydrogen-bond donors (Lipinski definition) is 3. The van der Waals surface area contributed by atoms with Crippen LogP contribution in [0, 0.1) is 6.92 Å². The summed E-state index contributed by atoms with van der Waals surface area (Å²) in [4.78, 5) is 25.1. The van der Waals surface area contributed by atoms with E-state index in [1.807, 2.05) is 31.3 Å². The van der Waals surface area contributed by atoms with Crippen molar-refractivity contribution in [1.82, 2.24) is 25.5 Å². The number of amides is 1. The summed E-state index contributed by atoms with van der Waals surface area (Å²) in [6.07, 6.45) is 2.92. The fourth-order valence-electron chi connectivity index (χ4n) is 3.98. The molecule has 2 aromatic heterocycles. The lowest BCUT2D eigenvalue weighted by Crippen LogP contribution is -2.50. The fraction of sp³-hybridized carbons (Fsp3) is 0.435. The van der Waals surface area contributed by atoms with Crippen LogP contribution in [0.25, 0.3) is 20.7 Å². The number of anilines is 1. The van der Waals surface area contributed by atoms with Crippen LogP contribution in [0.3, 0.4) is 0 Å². The monoisotopic (exact) mass is 438 g/mol. The third-order valence-corrected chi connectivity index (χ3v) is 6.89. The van der Waals surface area contributed by atoms with Crippen LogP contribution in [-0.2, 0) is 0 Å². The Morgan fingerprint density at radius 3 is 3.06 bits per heavy atom. The molecule has 0 radical (unpaired) electrons. The second kappa shape index (κ2) is 9.72. The maximum atomic E-state index is 12.2. The number of carbonyl (C=O) groups is 1. The number of piperazine rings is 1. The number of thiophene rings is 1. The summed E-state index contributed by atoms with van der Waals surface area (Å²) in [5.74, 6) is 0.577. The van der Waals surface area contributed by atoms with E-state index in [2.05, 4.69) is 38.8 Å². The van der Waals surface area contributed by atoms with Gasteiger partial charge < -0.3 is 16.0 Å². The van der Waals surface area contributed by atoms with Gasteiger partial charge in [-0.3, -0.25) is 9.69 Å². The molecule has 1 atom stereocenters. The highest BCUT2D eigenvalue weighted by molar-refractivity contribution is 7.22. The Balaban J connectivity index is 1.47. The molecule has 1 saturated heterocycles. The molecule has 0 unspecified atom stereocenters. The second-order valence-corrected chi connectivity index (χ2v) is 9.09. The van der Waals surface area contributed by atoms with E-state index in [0.717, 1.165) is 65.4 Å². The van der Waals surface area contributed by atoms with Gasteiger partial charge in [0.25, 0.3) is 5.91 Å². The molecule has 8 heteroatoms. The molecule has 4 rings (SSSR count). The van der Waals surface area contributed by atoms with Crippen LogP contribution < -0.4 is 16.0 Å². The summed E-state index contributed by atoms with van der Waals surface area (Å²) >= 11 is 1.65. The second-order valence-electron chi connectivity index (χ2n) is 8.00. The smallest absolute Gasteiger partial charge is 0.251 e. The molecule has 3 aromatic rings. The average molecular weight is 439 g/mol. The molecule has 3 heterocycles. The molecule has 1 fully saturated rings. The van der Waals surface area contributed by atoms with E-state index >= 15 is 0 Å². The number of rotatable bonds is 7. The molecule has 1 amide bonds. The first-order valence-corrected chi connectivity index (χ1v) is 11.7. The SMILES string of the molecule is CNC(=O)c1cccc2sc(-c3nc(NCCCN4CCNC[C@@H]4C)ncc3C)cc12. The molecule has 1 aliphatic rings. The zero-order valence-corrected chi connectivity index (χ0v) is 19.2. The molecule has 7 nitrogen and oxygen atoms in total. The fourth-order valence-corrected chi connectivity index (χ4v) is 5.13. The Morgan fingerprint density at radius 2 is 2.26 bits per heavy atom. The van der Waals surface area contributed by atoms with Crippen LogP contribution in [-0.4, -0.2) is 66.6 Å². The number of aryl methyl sites for hydroxylation is 1. The van der Waals surface area contributed by atoms with Crippen LogP contribution in [0.15, 0.2) is 30.5 Å². The molecule has 1 aliphatic heterocycles. The predicted molar refractivity (Wildman–Crippen MR) is 128 cm³/mol. The number of nitrogens with one attached hydrogen (secondary N) is 3. The first-order valence-electron chi connectivity index (χ1n) is 10.8. The summed E-state index contributed by atoms with van der Waals surface area (Å²) in [5, 5.41) is 10.5. The third-order valence-electron chi connectivity index (χ3n) is 5.78. The number of aromatic nitrogens is 2. The summed E-state index contributed by atoms with van der Waals surface area (Å²) in [6.45, 7) is 9.45. The van der Waals surface area contributed by atoms with Crippen molar-refractivity contribution in [2.24, 2.45) is 0 Å². The summed E-state index contributed by atoms with van der Waals surface area (Å²) < 4.78 is 1.08. The van der Waals surface area contributed by atoms with Crippen molar-refractivity contribution in [2.75, 3.05) is 45.1 Å². The normalized spacial score (nSPS) is 17.1. The van der Waals surface area contributed by atoms with Gasteiger partial charge >= 0.3 is 0 Å². The quantitative estimate of drug-likeness (QED) is 0.492. The Labute approximate surface area is 187 Å². The minimum atomic E-state index is -0.0736. The number of fused-ring (bicyclic) bond motifs is 1. The van der Waals surface area contributed by atoms with Crippen molar-refractivity contribution in [3.8, 4) is 10.6 Å². The highest BCUT2D eigenvalue weighted by atomic mass is 32.1. The molecule has 3 N–H and O–H groups in total. The molecule has 1 aromatic carbocycles. The van der Waals surface area contributed by atoms with Gasteiger partial charge in [0.2, 0.25) is 5.95 Å². The number of carbonyl (C=O) groups excluding carboxylic acids is 1. The highest BCUT2D eigenvalue weighted by Gasteiger charge is 2.17. The maximum absolute atomic E-state index is 12.2. The Hall–Kier alpha value is -2.55. The molecule has 31 heavy (non-hydrogen) atoms. The van der Waals surface area contributed by atoms with E-state index in [1.54, 1.807) is 18.4 Å². The molecular weight excluding hydrogens is 408 g/mol. The summed E-state index contributed by atoms with van der Waals surface area (Å²) in [6, 6.07) is 8.48. The lowest BCUT2D eigenvalue weighted by molar-refractivity contribution is 0.0964. The minimum absolute atomic E-state index is 0.0736. The minimum Gasteiger partial charge on any atom is -0.355 e. The van der Waals surface area contributed by atoms with Crippen molar-refractivity contribution in [1.29, 1.82) is 0 Å². The van der Waals surface area contributed by atoms with Gasteiger partial charge in [0.05, 0.1) is 10.6 Å². The van der Waals surface area contributed by atoms with Crippen LogP contribution in [0.2, 0.25) is 0 Å². The first-order chi connectivity index (χ1) is 15.1. The topological polar surface area (TPSA) is 82.2 Å². The molecular formula is C23H30N6OS. The van der Waals surface area contributed by atoms with Crippen molar-refractivity contribution in [3.63, 3.8) is 0 Å².